The Balaban J connectivity index is 1.57. The van der Waals surface area contributed by atoms with E-state index in [0.717, 1.165) is 16.6 Å². The maximum Gasteiger partial charge on any atom is 0.327 e. The number of nitrogens with one attached hydrogen (secondary N) is 1. The van der Waals surface area contributed by atoms with Crippen molar-refractivity contribution in [3.63, 3.8) is 0 Å². The molecule has 0 saturated heterocycles. The van der Waals surface area contributed by atoms with Gasteiger partial charge in [0, 0.05) is 22.8 Å². The fourth-order valence-electron chi connectivity index (χ4n) is 3.19. The summed E-state index contributed by atoms with van der Waals surface area (Å²) in [4.78, 5) is 17.9. The van der Waals surface area contributed by atoms with Gasteiger partial charge in [0.25, 0.3) is 0 Å². The van der Waals surface area contributed by atoms with Crippen LogP contribution in [0.3, 0.4) is 0 Å². The summed E-state index contributed by atoms with van der Waals surface area (Å²) >= 11 is 0. The number of ether oxygens (including phenoxy) is 1. The molecule has 0 unspecified atom stereocenters. The molecule has 5 aromatic rings. The largest absolute Gasteiger partial charge is 0.422 e. The smallest absolute Gasteiger partial charge is 0.327 e. The molecule has 0 saturated carbocycles. The Morgan fingerprint density at radius 2 is 1.59 bits per heavy atom. The number of rotatable bonds is 5. The second kappa shape index (κ2) is 8.50. The van der Waals surface area contributed by atoms with Gasteiger partial charge in [0.15, 0.2) is 11.6 Å². The number of pyridine rings is 1. The molecule has 0 amide bonds. The number of aromatic nitrogens is 4. The average Bonchev–Trinajstić information content (AvgIpc) is 2.85. The van der Waals surface area contributed by atoms with Crippen molar-refractivity contribution in [1.82, 2.24) is 19.9 Å². The van der Waals surface area contributed by atoms with Crippen molar-refractivity contribution in [1.29, 1.82) is 5.26 Å². The molecule has 0 radical (unpaired) electrons. The molecule has 1 N–H and O–H groups in total. The summed E-state index contributed by atoms with van der Waals surface area (Å²) in [7, 11) is 0. The van der Waals surface area contributed by atoms with E-state index in [-0.39, 0.29) is 6.01 Å². The highest BCUT2D eigenvalue weighted by atomic mass is 16.5. The lowest BCUT2D eigenvalue weighted by Gasteiger charge is -2.11. The Labute approximate surface area is 184 Å². The summed E-state index contributed by atoms with van der Waals surface area (Å²) in [5.41, 5.74) is 2.85. The number of nitrogens with zero attached hydrogens (tertiary/aromatic N) is 5. The Morgan fingerprint density at radius 3 is 2.41 bits per heavy atom. The number of benzene rings is 3. The van der Waals surface area contributed by atoms with Crippen LogP contribution in [0.5, 0.6) is 11.8 Å². The molecule has 0 atom stereocenters. The van der Waals surface area contributed by atoms with Crippen LogP contribution in [0, 0.1) is 11.3 Å². The first-order valence-corrected chi connectivity index (χ1v) is 9.89. The molecule has 0 spiro atoms. The maximum atomic E-state index is 9.07. The van der Waals surface area contributed by atoms with E-state index in [1.165, 1.54) is 0 Å². The van der Waals surface area contributed by atoms with Gasteiger partial charge >= 0.3 is 6.01 Å². The van der Waals surface area contributed by atoms with E-state index < -0.39 is 0 Å². The molecule has 5 rings (SSSR count). The minimum atomic E-state index is 0.135. The number of hydrogen-bond acceptors (Lipinski definition) is 7. The Kier molecular flexibility index (Phi) is 5.09. The third-order valence-corrected chi connectivity index (χ3v) is 4.71. The molecule has 0 bridgehead atoms. The first kappa shape index (κ1) is 19.2. The Morgan fingerprint density at radius 1 is 0.781 bits per heavy atom. The number of para-hydroxylation sites is 2. The lowest BCUT2D eigenvalue weighted by molar-refractivity contribution is 0.445. The topological polar surface area (TPSA) is 96.6 Å². The van der Waals surface area contributed by atoms with Gasteiger partial charge in [-0.1, -0.05) is 36.4 Å². The van der Waals surface area contributed by atoms with Gasteiger partial charge < -0.3 is 10.1 Å². The molecule has 7 nitrogen and oxygen atoms in total. The lowest BCUT2D eigenvalue weighted by atomic mass is 10.1. The van der Waals surface area contributed by atoms with E-state index in [9.17, 15) is 0 Å². The van der Waals surface area contributed by atoms with Crippen LogP contribution >= 0.6 is 0 Å². The number of fused-ring (bicyclic) bond motifs is 1. The van der Waals surface area contributed by atoms with Gasteiger partial charge in [-0.25, -0.2) is 0 Å². The standard InChI is InChI=1S/C25H16N6O/c26-16-17-11-13-19(14-12-17)23-29-24(28-20-8-2-1-3-9-20)31-25(30-23)32-21-10-4-6-18-7-5-15-27-22(18)21/h1-15H,(H,28,29,30,31). The van der Waals surface area contributed by atoms with Crippen LogP contribution < -0.4 is 10.1 Å². The highest BCUT2D eigenvalue weighted by molar-refractivity contribution is 5.84. The zero-order valence-electron chi connectivity index (χ0n) is 16.8. The molecular weight excluding hydrogens is 400 g/mol. The minimum absolute atomic E-state index is 0.135. The molecule has 2 heterocycles. The van der Waals surface area contributed by atoms with E-state index in [1.54, 1.807) is 30.5 Å². The van der Waals surface area contributed by atoms with Crippen LogP contribution in [0.4, 0.5) is 11.6 Å². The molecule has 0 fully saturated rings. The summed E-state index contributed by atoms with van der Waals surface area (Å²) in [6, 6.07) is 28.4. The fourth-order valence-corrected chi connectivity index (χ4v) is 3.19. The molecule has 152 valence electrons. The summed E-state index contributed by atoms with van der Waals surface area (Å²) in [6.45, 7) is 0. The van der Waals surface area contributed by atoms with Crippen LogP contribution in [0.2, 0.25) is 0 Å². The van der Waals surface area contributed by atoms with Gasteiger partial charge in [-0.05, 0) is 48.5 Å². The molecule has 2 aromatic heterocycles. The zero-order valence-corrected chi connectivity index (χ0v) is 16.8. The SMILES string of the molecule is N#Cc1ccc(-c2nc(Nc3ccccc3)nc(Oc3cccc4cccnc34)n2)cc1. The van der Waals surface area contributed by atoms with E-state index in [2.05, 4.69) is 31.3 Å². The molecule has 0 aliphatic heterocycles. The van der Waals surface area contributed by atoms with E-state index >= 15 is 0 Å². The van der Waals surface area contributed by atoms with E-state index in [0.29, 0.717) is 28.6 Å². The van der Waals surface area contributed by atoms with E-state index in [1.807, 2.05) is 60.7 Å². The third kappa shape index (κ3) is 4.06. The van der Waals surface area contributed by atoms with Crippen LogP contribution in [-0.2, 0) is 0 Å². The molecule has 7 heteroatoms. The predicted octanol–water partition coefficient (Wildman–Crippen LogP) is 5.49. The Hall–Kier alpha value is -4.83. The monoisotopic (exact) mass is 416 g/mol. The molecular formula is C25H16N6O. The predicted molar refractivity (Wildman–Crippen MR) is 122 cm³/mol. The summed E-state index contributed by atoms with van der Waals surface area (Å²) in [5.74, 6) is 1.31. The van der Waals surface area contributed by atoms with Crippen LogP contribution in [0.25, 0.3) is 22.3 Å². The highest BCUT2D eigenvalue weighted by Crippen LogP contribution is 2.28. The van der Waals surface area contributed by atoms with Gasteiger partial charge in [0.05, 0.1) is 11.6 Å². The first-order valence-electron chi connectivity index (χ1n) is 9.89. The third-order valence-electron chi connectivity index (χ3n) is 4.71. The number of anilines is 2. The van der Waals surface area contributed by atoms with Crippen molar-refractivity contribution in [3.05, 3.63) is 96.7 Å². The van der Waals surface area contributed by atoms with Crippen molar-refractivity contribution in [2.75, 3.05) is 5.32 Å². The number of hydrogen-bond donors (Lipinski definition) is 1. The van der Waals surface area contributed by atoms with Crippen LogP contribution in [-0.4, -0.2) is 19.9 Å². The van der Waals surface area contributed by atoms with Crippen LogP contribution in [0.1, 0.15) is 5.56 Å². The molecule has 3 aromatic carbocycles. The van der Waals surface area contributed by atoms with Crippen molar-refractivity contribution in [2.24, 2.45) is 0 Å². The second-order valence-corrected chi connectivity index (χ2v) is 6.88. The number of nitriles is 1. The Bertz CT molecular complexity index is 1420. The van der Waals surface area contributed by atoms with Gasteiger partial charge in [-0.3, -0.25) is 4.98 Å². The maximum absolute atomic E-state index is 9.07. The van der Waals surface area contributed by atoms with Gasteiger partial charge in [0.1, 0.15) is 5.52 Å². The molecule has 0 aliphatic rings. The summed E-state index contributed by atoms with van der Waals surface area (Å²) in [6.07, 6.45) is 1.72. The highest BCUT2D eigenvalue weighted by Gasteiger charge is 2.13. The average molecular weight is 416 g/mol. The van der Waals surface area contributed by atoms with E-state index in [4.69, 9.17) is 10.00 Å². The lowest BCUT2D eigenvalue weighted by Crippen LogP contribution is -2.03. The van der Waals surface area contributed by atoms with Gasteiger partial charge in [0.2, 0.25) is 5.95 Å². The molecule has 0 aliphatic carbocycles. The van der Waals surface area contributed by atoms with Crippen molar-refractivity contribution < 1.29 is 4.74 Å². The first-order chi connectivity index (χ1) is 15.8. The van der Waals surface area contributed by atoms with Crippen molar-refractivity contribution in [2.45, 2.75) is 0 Å². The fraction of sp³-hybridized carbons (Fsp3) is 0. The minimum Gasteiger partial charge on any atom is -0.422 e. The van der Waals surface area contributed by atoms with Gasteiger partial charge in [-0.15, -0.1) is 0 Å². The van der Waals surface area contributed by atoms with Crippen LogP contribution in [0.15, 0.2) is 91.1 Å². The van der Waals surface area contributed by atoms with Crippen molar-refractivity contribution >= 4 is 22.5 Å². The summed E-state index contributed by atoms with van der Waals surface area (Å²) < 4.78 is 6.06. The van der Waals surface area contributed by atoms with Gasteiger partial charge in [-0.2, -0.15) is 20.2 Å². The van der Waals surface area contributed by atoms with Crippen molar-refractivity contribution in [3.8, 4) is 29.2 Å². The second-order valence-electron chi connectivity index (χ2n) is 6.88. The molecule has 32 heavy (non-hydrogen) atoms. The normalized spacial score (nSPS) is 10.5. The zero-order chi connectivity index (χ0) is 21.8. The summed E-state index contributed by atoms with van der Waals surface area (Å²) in [5, 5.41) is 13.2. The quantitative estimate of drug-likeness (QED) is 0.404.